The predicted molar refractivity (Wildman–Crippen MR) is 102 cm³/mol. The van der Waals surface area contributed by atoms with Crippen molar-refractivity contribution in [3.8, 4) is 11.5 Å². The summed E-state index contributed by atoms with van der Waals surface area (Å²) in [5.41, 5.74) is 1.62. The van der Waals surface area contributed by atoms with Crippen LogP contribution in [0.25, 0.3) is 0 Å². The smallest absolute Gasteiger partial charge is 0.199 e. The molecule has 25 heavy (non-hydrogen) atoms. The quantitative estimate of drug-likeness (QED) is 0.624. The maximum Gasteiger partial charge on any atom is 0.199 e. The van der Waals surface area contributed by atoms with E-state index < -0.39 is 0 Å². The van der Waals surface area contributed by atoms with E-state index in [9.17, 15) is 4.79 Å². The molecule has 0 bridgehead atoms. The molecule has 0 N–H and O–H groups in total. The van der Waals surface area contributed by atoms with E-state index in [-0.39, 0.29) is 18.2 Å². The van der Waals surface area contributed by atoms with Crippen molar-refractivity contribution < 1.29 is 19.0 Å². The molecular weight excluding hydrogens is 431 g/mol. The number of benzene rings is 2. The number of fused-ring (bicyclic) bond motifs is 1. The van der Waals surface area contributed by atoms with Crippen LogP contribution in [0.3, 0.4) is 0 Å². The van der Waals surface area contributed by atoms with Crippen molar-refractivity contribution in [2.24, 2.45) is 0 Å². The van der Waals surface area contributed by atoms with Gasteiger partial charge in [-0.15, -0.1) is 0 Å². The Hall–Kier alpha value is -1.60. The van der Waals surface area contributed by atoms with Gasteiger partial charge in [0, 0.05) is 9.99 Å². The molecule has 130 valence electrons. The van der Waals surface area contributed by atoms with E-state index in [1.165, 1.54) is 0 Å². The van der Waals surface area contributed by atoms with E-state index in [2.05, 4.69) is 22.6 Å². The lowest BCUT2D eigenvalue weighted by molar-refractivity contribution is -0.105. The highest BCUT2D eigenvalue weighted by molar-refractivity contribution is 14.1. The minimum atomic E-state index is -0.231. The van der Waals surface area contributed by atoms with Crippen LogP contribution in [0.2, 0.25) is 0 Å². The highest BCUT2D eigenvalue weighted by Gasteiger charge is 2.28. The first-order valence-corrected chi connectivity index (χ1v) is 9.64. The van der Waals surface area contributed by atoms with Crippen molar-refractivity contribution in [2.45, 2.75) is 38.1 Å². The van der Waals surface area contributed by atoms with E-state index >= 15 is 0 Å². The van der Waals surface area contributed by atoms with Crippen molar-refractivity contribution >= 4 is 28.4 Å². The molecule has 2 aromatic carbocycles. The van der Waals surface area contributed by atoms with Crippen LogP contribution in [0.4, 0.5) is 0 Å². The Labute approximate surface area is 160 Å². The predicted octanol–water partition coefficient (Wildman–Crippen LogP) is 4.90. The number of ether oxygens (including phenoxy) is 3. The van der Waals surface area contributed by atoms with E-state index in [0.29, 0.717) is 23.5 Å². The summed E-state index contributed by atoms with van der Waals surface area (Å²) in [5.74, 6) is 1.37. The van der Waals surface area contributed by atoms with E-state index in [4.69, 9.17) is 14.2 Å². The monoisotopic (exact) mass is 450 g/mol. The topological polar surface area (TPSA) is 44.8 Å². The minimum absolute atomic E-state index is 0.0832. The van der Waals surface area contributed by atoms with Gasteiger partial charge in [0.15, 0.2) is 12.1 Å². The lowest BCUT2D eigenvalue weighted by Gasteiger charge is -2.27. The number of halogens is 1. The van der Waals surface area contributed by atoms with E-state index in [1.54, 1.807) is 6.07 Å². The molecule has 2 unspecified atom stereocenters. The fraction of sp³-hybridized carbons (Fsp3) is 0.350. The summed E-state index contributed by atoms with van der Waals surface area (Å²) in [6.45, 7) is 0.731. The van der Waals surface area contributed by atoms with Gasteiger partial charge >= 0.3 is 0 Å². The third-order valence-electron chi connectivity index (χ3n) is 4.54. The van der Waals surface area contributed by atoms with Crippen LogP contribution in [0.1, 0.15) is 47.7 Å². The Morgan fingerprint density at radius 1 is 1.08 bits per heavy atom. The summed E-state index contributed by atoms with van der Waals surface area (Å²) in [5, 5.41) is 0. The third-order valence-corrected chi connectivity index (χ3v) is 5.26. The normalized spacial score (nSPS) is 22.8. The van der Waals surface area contributed by atoms with Gasteiger partial charge in [0.2, 0.25) is 0 Å². The molecule has 0 saturated carbocycles. The average molecular weight is 450 g/mol. The van der Waals surface area contributed by atoms with Gasteiger partial charge in [-0.05, 0) is 71.3 Å². The molecule has 2 heterocycles. The summed E-state index contributed by atoms with van der Waals surface area (Å²) in [6.07, 6.45) is 2.97. The first kappa shape index (κ1) is 16.8. The van der Waals surface area contributed by atoms with Gasteiger partial charge in [-0.1, -0.05) is 12.1 Å². The number of Topliss-reactive ketones (excluding diaryl/α,β-unsaturated/α-hetero) is 1. The molecule has 2 atom stereocenters. The van der Waals surface area contributed by atoms with Crippen molar-refractivity contribution in [3.63, 3.8) is 0 Å². The van der Waals surface area contributed by atoms with Crippen LogP contribution in [-0.4, -0.2) is 18.7 Å². The molecule has 4 nitrogen and oxygen atoms in total. The van der Waals surface area contributed by atoms with Crippen LogP contribution in [-0.2, 0) is 4.74 Å². The molecule has 0 amide bonds. The van der Waals surface area contributed by atoms with Crippen molar-refractivity contribution in [2.75, 3.05) is 6.61 Å². The highest BCUT2D eigenvalue weighted by Crippen LogP contribution is 2.37. The van der Waals surface area contributed by atoms with Crippen LogP contribution in [0.15, 0.2) is 42.5 Å². The lowest BCUT2D eigenvalue weighted by atomic mass is 9.96. The lowest BCUT2D eigenvalue weighted by Crippen LogP contribution is -2.25. The van der Waals surface area contributed by atoms with Gasteiger partial charge in [0.25, 0.3) is 0 Å². The van der Waals surface area contributed by atoms with Crippen LogP contribution in [0, 0.1) is 3.57 Å². The van der Waals surface area contributed by atoms with Crippen LogP contribution >= 0.6 is 22.6 Å². The molecule has 2 aliphatic rings. The first-order valence-electron chi connectivity index (χ1n) is 8.57. The molecule has 0 radical (unpaired) electrons. The van der Waals surface area contributed by atoms with Gasteiger partial charge < -0.3 is 14.2 Å². The zero-order valence-corrected chi connectivity index (χ0v) is 15.9. The number of ketones is 1. The molecular formula is C20H19IO4. The Balaban J connectivity index is 1.52. The van der Waals surface area contributed by atoms with Crippen molar-refractivity contribution in [3.05, 3.63) is 57.2 Å². The summed E-state index contributed by atoms with van der Waals surface area (Å²) in [7, 11) is 0. The molecule has 2 aromatic rings. The van der Waals surface area contributed by atoms with Crippen molar-refractivity contribution in [1.29, 1.82) is 0 Å². The summed E-state index contributed by atoms with van der Waals surface area (Å²) in [4.78, 5) is 12.6. The van der Waals surface area contributed by atoms with Gasteiger partial charge in [0.05, 0.1) is 18.6 Å². The van der Waals surface area contributed by atoms with Crippen LogP contribution < -0.4 is 9.47 Å². The molecule has 2 aliphatic heterocycles. The maximum absolute atomic E-state index is 12.6. The third kappa shape index (κ3) is 3.82. The Kier molecular flexibility index (Phi) is 4.94. The number of hydrogen-bond acceptors (Lipinski definition) is 4. The molecule has 1 saturated heterocycles. The Bertz CT molecular complexity index is 766. The largest absolute Gasteiger partial charge is 0.484 e. The second kappa shape index (κ2) is 7.33. The second-order valence-corrected chi connectivity index (χ2v) is 7.60. The van der Waals surface area contributed by atoms with Gasteiger partial charge in [-0.25, -0.2) is 0 Å². The number of carbonyl (C=O) groups excluding carboxylic acids is 1. The van der Waals surface area contributed by atoms with E-state index in [0.717, 1.165) is 35.0 Å². The fourth-order valence-corrected chi connectivity index (χ4v) is 3.56. The fourth-order valence-electron chi connectivity index (χ4n) is 3.20. The highest BCUT2D eigenvalue weighted by atomic mass is 127. The molecule has 0 aromatic heterocycles. The molecule has 0 spiro atoms. The van der Waals surface area contributed by atoms with Gasteiger partial charge in [-0.2, -0.15) is 0 Å². The number of carbonyl (C=O) groups is 1. The molecule has 5 heteroatoms. The first-order chi connectivity index (χ1) is 12.2. The Morgan fingerprint density at radius 2 is 1.92 bits per heavy atom. The second-order valence-electron chi connectivity index (χ2n) is 6.36. The summed E-state index contributed by atoms with van der Waals surface area (Å²) in [6, 6.07) is 13.5. The number of rotatable bonds is 3. The zero-order valence-electron chi connectivity index (χ0n) is 13.7. The zero-order chi connectivity index (χ0) is 17.2. The van der Waals surface area contributed by atoms with Crippen LogP contribution in [0.5, 0.6) is 11.5 Å². The summed E-state index contributed by atoms with van der Waals surface area (Å²) >= 11 is 2.27. The van der Waals surface area contributed by atoms with Gasteiger partial charge in [0.1, 0.15) is 17.6 Å². The number of hydrogen-bond donors (Lipinski definition) is 0. The minimum Gasteiger partial charge on any atom is -0.484 e. The SMILES string of the molecule is O=C1CC(c2ccc(I)cc2)Oc2ccc(OC3CCCCO3)cc21. The molecule has 0 aliphatic carbocycles. The Morgan fingerprint density at radius 3 is 2.68 bits per heavy atom. The molecule has 1 fully saturated rings. The molecule has 4 rings (SSSR count). The standard InChI is InChI=1S/C20H19IO4/c21-14-6-4-13(5-7-14)19-12-17(22)16-11-15(8-9-18(16)25-19)24-20-3-1-2-10-23-20/h4-9,11,19-20H,1-3,10,12H2. The average Bonchev–Trinajstić information content (AvgIpc) is 2.63. The van der Waals surface area contributed by atoms with Crippen molar-refractivity contribution in [1.82, 2.24) is 0 Å². The summed E-state index contributed by atoms with van der Waals surface area (Å²) < 4.78 is 18.7. The maximum atomic E-state index is 12.6. The van der Waals surface area contributed by atoms with E-state index in [1.807, 2.05) is 36.4 Å². The van der Waals surface area contributed by atoms with Gasteiger partial charge in [-0.3, -0.25) is 4.79 Å².